The van der Waals surface area contributed by atoms with Crippen molar-refractivity contribution in [2.45, 2.75) is 80.1 Å². The van der Waals surface area contributed by atoms with E-state index in [1.807, 2.05) is 13.0 Å². The topological polar surface area (TPSA) is 90.9 Å². The molecule has 0 bridgehead atoms. The molecule has 3 N–H and O–H groups in total. The molecule has 0 spiro atoms. The standard InChI is InChI=1S/C35H42O5/c1-22(2)9-7-11-24(5)13-15-27-19-26(16-18-30(27)36)29-21-40-32-20-31(37)28(34(38)33(32)35(29)39)17-14-25(6)12-8-10-23(3)4/h9-10,13-14,16,18-21,36-38H,7-8,11-12,15,17H2,1-6H3/b24-13+,25-14+. The normalized spacial score (nSPS) is 12.1. The molecule has 0 aliphatic rings. The molecule has 0 saturated heterocycles. The summed E-state index contributed by atoms with van der Waals surface area (Å²) in [5.41, 5.74) is 6.49. The van der Waals surface area contributed by atoms with Crippen molar-refractivity contribution >= 4 is 11.0 Å². The second-order valence-electron chi connectivity index (χ2n) is 11.1. The van der Waals surface area contributed by atoms with Crippen molar-refractivity contribution in [2.24, 2.45) is 0 Å². The first kappa shape index (κ1) is 30.6. The Morgan fingerprint density at radius 1 is 0.775 bits per heavy atom. The van der Waals surface area contributed by atoms with Gasteiger partial charge < -0.3 is 19.7 Å². The summed E-state index contributed by atoms with van der Waals surface area (Å²) < 4.78 is 5.71. The lowest BCUT2D eigenvalue weighted by Gasteiger charge is -2.11. The fraction of sp³-hybridized carbons (Fsp3) is 0.343. The summed E-state index contributed by atoms with van der Waals surface area (Å²) >= 11 is 0. The summed E-state index contributed by atoms with van der Waals surface area (Å²) in [7, 11) is 0. The van der Waals surface area contributed by atoms with Crippen LogP contribution in [0.3, 0.4) is 0 Å². The van der Waals surface area contributed by atoms with E-state index in [2.05, 4.69) is 52.8 Å². The zero-order chi connectivity index (χ0) is 29.4. The Hall–Kier alpha value is -3.99. The highest BCUT2D eigenvalue weighted by Gasteiger charge is 2.19. The molecule has 3 rings (SSSR count). The lowest BCUT2D eigenvalue weighted by atomic mass is 9.98. The van der Waals surface area contributed by atoms with E-state index in [9.17, 15) is 20.1 Å². The van der Waals surface area contributed by atoms with E-state index in [4.69, 9.17) is 4.42 Å². The highest BCUT2D eigenvalue weighted by Crippen LogP contribution is 2.36. The molecule has 40 heavy (non-hydrogen) atoms. The third-order valence-corrected chi connectivity index (χ3v) is 7.02. The van der Waals surface area contributed by atoms with Crippen molar-refractivity contribution in [2.75, 3.05) is 0 Å². The minimum Gasteiger partial charge on any atom is -0.508 e. The van der Waals surface area contributed by atoms with Crippen LogP contribution in [-0.4, -0.2) is 15.3 Å². The van der Waals surface area contributed by atoms with Gasteiger partial charge in [0.2, 0.25) is 5.43 Å². The van der Waals surface area contributed by atoms with Crippen LogP contribution in [0.5, 0.6) is 17.2 Å². The van der Waals surface area contributed by atoms with Crippen LogP contribution < -0.4 is 5.43 Å². The Balaban J connectivity index is 1.93. The molecule has 1 aromatic heterocycles. The zero-order valence-corrected chi connectivity index (χ0v) is 24.6. The van der Waals surface area contributed by atoms with E-state index in [1.165, 1.54) is 29.0 Å². The monoisotopic (exact) mass is 542 g/mol. The van der Waals surface area contributed by atoms with E-state index in [1.54, 1.807) is 18.2 Å². The van der Waals surface area contributed by atoms with Crippen LogP contribution in [-0.2, 0) is 12.8 Å². The van der Waals surface area contributed by atoms with Gasteiger partial charge in [-0.2, -0.15) is 0 Å². The van der Waals surface area contributed by atoms with Gasteiger partial charge in [0.1, 0.15) is 34.5 Å². The molecule has 3 aromatic rings. The van der Waals surface area contributed by atoms with E-state index >= 15 is 0 Å². The minimum atomic E-state index is -0.394. The molecule has 5 heteroatoms. The second-order valence-corrected chi connectivity index (χ2v) is 11.1. The average molecular weight is 543 g/mol. The Kier molecular flexibility index (Phi) is 10.6. The second kappa shape index (κ2) is 13.9. The molecule has 212 valence electrons. The van der Waals surface area contributed by atoms with Crippen LogP contribution in [0, 0.1) is 0 Å². The number of phenolic OH excluding ortho intramolecular Hbond substituents is 3. The fourth-order valence-electron chi connectivity index (χ4n) is 4.55. The van der Waals surface area contributed by atoms with Crippen molar-refractivity contribution in [1.82, 2.24) is 0 Å². The van der Waals surface area contributed by atoms with Gasteiger partial charge in [-0.3, -0.25) is 4.79 Å². The first-order valence-electron chi connectivity index (χ1n) is 13.9. The van der Waals surface area contributed by atoms with Gasteiger partial charge in [0.15, 0.2) is 0 Å². The van der Waals surface area contributed by atoms with E-state index in [-0.39, 0.29) is 33.8 Å². The molecule has 0 aliphatic carbocycles. The number of benzene rings is 2. The molecular formula is C35H42O5. The number of aromatic hydroxyl groups is 3. The fourth-order valence-corrected chi connectivity index (χ4v) is 4.55. The van der Waals surface area contributed by atoms with Crippen LogP contribution in [0.25, 0.3) is 22.1 Å². The van der Waals surface area contributed by atoms with Gasteiger partial charge in [-0.15, -0.1) is 0 Å². The molecule has 2 aromatic carbocycles. The van der Waals surface area contributed by atoms with Crippen LogP contribution >= 0.6 is 0 Å². The maximum Gasteiger partial charge on any atom is 0.204 e. The van der Waals surface area contributed by atoms with Crippen molar-refractivity contribution in [3.05, 3.63) is 98.5 Å². The Bertz CT molecular complexity index is 1540. The quantitative estimate of drug-likeness (QED) is 0.210. The van der Waals surface area contributed by atoms with Gasteiger partial charge in [-0.25, -0.2) is 0 Å². The molecule has 0 saturated carbocycles. The number of hydrogen-bond donors (Lipinski definition) is 3. The predicted molar refractivity (Wildman–Crippen MR) is 165 cm³/mol. The first-order chi connectivity index (χ1) is 19.0. The largest absolute Gasteiger partial charge is 0.508 e. The SMILES string of the molecule is CC(C)=CCC/C(C)=C/Cc1cc(-c2coc3cc(O)c(C/C=C(\C)CCC=C(C)C)c(O)c3c2=O)ccc1O. The first-order valence-corrected chi connectivity index (χ1v) is 13.9. The summed E-state index contributed by atoms with van der Waals surface area (Å²) in [6.45, 7) is 12.4. The van der Waals surface area contributed by atoms with Crippen LogP contribution in [0.4, 0.5) is 0 Å². The highest BCUT2D eigenvalue weighted by atomic mass is 16.3. The molecule has 0 unspecified atom stereocenters. The van der Waals surface area contributed by atoms with Crippen molar-refractivity contribution in [1.29, 1.82) is 0 Å². The number of fused-ring (bicyclic) bond motifs is 1. The lowest BCUT2D eigenvalue weighted by Crippen LogP contribution is -2.06. The van der Waals surface area contributed by atoms with E-state index in [0.29, 0.717) is 29.5 Å². The average Bonchev–Trinajstić information content (AvgIpc) is 2.87. The van der Waals surface area contributed by atoms with Crippen LogP contribution in [0.1, 0.15) is 78.4 Å². The number of hydrogen-bond acceptors (Lipinski definition) is 5. The maximum atomic E-state index is 13.6. The smallest absolute Gasteiger partial charge is 0.204 e. The molecule has 5 nitrogen and oxygen atoms in total. The van der Waals surface area contributed by atoms with E-state index in [0.717, 1.165) is 31.3 Å². The molecule has 0 fully saturated rings. The zero-order valence-electron chi connectivity index (χ0n) is 24.6. The Morgan fingerprint density at radius 3 is 1.98 bits per heavy atom. The maximum absolute atomic E-state index is 13.6. The van der Waals surface area contributed by atoms with Gasteiger partial charge in [-0.1, -0.05) is 52.7 Å². The van der Waals surface area contributed by atoms with Crippen LogP contribution in [0.2, 0.25) is 0 Å². The Labute approximate surface area is 237 Å². The van der Waals surface area contributed by atoms with E-state index < -0.39 is 5.43 Å². The van der Waals surface area contributed by atoms with Crippen molar-refractivity contribution in [3.63, 3.8) is 0 Å². The summed E-state index contributed by atoms with van der Waals surface area (Å²) in [6, 6.07) is 6.40. The third-order valence-electron chi connectivity index (χ3n) is 7.02. The minimum absolute atomic E-state index is 0.0329. The van der Waals surface area contributed by atoms with Crippen molar-refractivity contribution < 1.29 is 19.7 Å². The molecule has 1 heterocycles. The number of phenols is 3. The van der Waals surface area contributed by atoms with Crippen molar-refractivity contribution in [3.8, 4) is 28.4 Å². The molecule has 0 aliphatic heterocycles. The summed E-state index contributed by atoms with van der Waals surface area (Å²) in [5.74, 6) is -0.232. The molecule has 0 amide bonds. The third kappa shape index (κ3) is 8.01. The number of allylic oxidation sites excluding steroid dienone is 8. The summed E-state index contributed by atoms with van der Waals surface area (Å²) in [5, 5.41) is 32.2. The van der Waals surface area contributed by atoms with Gasteiger partial charge in [-0.05, 0) is 103 Å². The highest BCUT2D eigenvalue weighted by molar-refractivity contribution is 5.89. The van der Waals surface area contributed by atoms with Crippen LogP contribution in [0.15, 0.2) is 86.3 Å². The summed E-state index contributed by atoms with van der Waals surface area (Å²) in [4.78, 5) is 13.6. The van der Waals surface area contributed by atoms with Gasteiger partial charge in [0.25, 0.3) is 0 Å². The van der Waals surface area contributed by atoms with Gasteiger partial charge in [0, 0.05) is 11.6 Å². The molecule has 0 radical (unpaired) electrons. The molecular weight excluding hydrogens is 500 g/mol. The predicted octanol–water partition coefficient (Wildman–Crippen LogP) is 9.05. The van der Waals surface area contributed by atoms with Gasteiger partial charge >= 0.3 is 0 Å². The Morgan fingerprint density at radius 2 is 1.38 bits per heavy atom. The lowest BCUT2D eigenvalue weighted by molar-refractivity contribution is 0.442. The number of rotatable bonds is 11. The summed E-state index contributed by atoms with van der Waals surface area (Å²) in [6.07, 6.45) is 14.3. The van der Waals surface area contributed by atoms with Gasteiger partial charge in [0.05, 0.1) is 5.56 Å². The molecule has 0 atom stereocenters.